The van der Waals surface area contributed by atoms with Crippen LogP contribution in [0.3, 0.4) is 0 Å². The third-order valence-corrected chi connectivity index (χ3v) is 7.11. The second kappa shape index (κ2) is 10.8. The Morgan fingerprint density at radius 2 is 1.86 bits per heavy atom. The van der Waals surface area contributed by atoms with Crippen molar-refractivity contribution in [2.75, 3.05) is 63.4 Å². The van der Waals surface area contributed by atoms with E-state index < -0.39 is 0 Å². The van der Waals surface area contributed by atoms with Gasteiger partial charge in [-0.25, -0.2) is 4.98 Å². The molecule has 0 radical (unpaired) electrons. The van der Waals surface area contributed by atoms with Gasteiger partial charge in [-0.05, 0) is 55.7 Å². The Morgan fingerprint density at radius 1 is 1.08 bits per heavy atom. The molecule has 0 N–H and O–H groups in total. The molecule has 3 aromatic rings. The van der Waals surface area contributed by atoms with Gasteiger partial charge in [-0.1, -0.05) is 18.2 Å². The number of carbonyl (C=O) groups excluding carboxylic acids is 1. The van der Waals surface area contributed by atoms with E-state index in [2.05, 4.69) is 48.2 Å². The molecule has 1 amide bonds. The largest absolute Gasteiger partial charge is 0.378 e. The molecule has 2 fully saturated rings. The van der Waals surface area contributed by atoms with E-state index in [-0.39, 0.29) is 12.0 Å². The molecule has 0 spiro atoms. The molecular weight excluding hydrogens is 452 g/mol. The van der Waals surface area contributed by atoms with E-state index in [4.69, 9.17) is 14.5 Å². The fourth-order valence-corrected chi connectivity index (χ4v) is 5.16. The molecule has 1 atom stereocenters. The smallest absolute Gasteiger partial charge is 0.254 e. The van der Waals surface area contributed by atoms with E-state index in [1.165, 1.54) is 0 Å². The Balaban J connectivity index is 1.44. The number of nitrogens with zero attached hydrogens (tertiary/aromatic N) is 4. The quantitative estimate of drug-likeness (QED) is 0.495. The molecule has 0 bridgehead atoms. The van der Waals surface area contributed by atoms with Crippen LogP contribution in [0.2, 0.25) is 0 Å². The highest BCUT2D eigenvalue weighted by Gasteiger charge is 2.25. The first-order chi connectivity index (χ1) is 17.5. The topological polar surface area (TPSA) is 58.1 Å². The average Bonchev–Trinajstić information content (AvgIpc) is 3.41. The predicted octanol–water partition coefficient (Wildman–Crippen LogP) is 4.27. The number of benzene rings is 2. The molecule has 5 rings (SSSR count). The monoisotopic (exact) mass is 488 g/mol. The highest BCUT2D eigenvalue weighted by atomic mass is 16.5. The number of anilines is 2. The van der Waals surface area contributed by atoms with Crippen molar-refractivity contribution in [3.8, 4) is 0 Å². The molecule has 2 aliphatic rings. The Bertz CT molecular complexity index is 1200. The van der Waals surface area contributed by atoms with E-state index in [0.717, 1.165) is 79.3 Å². The predicted molar refractivity (Wildman–Crippen MR) is 144 cm³/mol. The summed E-state index contributed by atoms with van der Waals surface area (Å²) in [5.41, 5.74) is 5.01. The summed E-state index contributed by atoms with van der Waals surface area (Å²) in [5, 5.41) is 1.09. The van der Waals surface area contributed by atoms with E-state index in [1.807, 2.05) is 36.0 Å². The van der Waals surface area contributed by atoms with Crippen LogP contribution in [0.25, 0.3) is 10.9 Å². The van der Waals surface area contributed by atoms with Crippen LogP contribution < -0.4 is 9.80 Å². The number of carbonyl (C=O) groups is 1. The van der Waals surface area contributed by atoms with Gasteiger partial charge in [0.15, 0.2) is 0 Å². The lowest BCUT2D eigenvalue weighted by atomic mass is 10.1. The normalized spacial score (nSPS) is 18.0. The minimum absolute atomic E-state index is 0.0214. The number of pyridine rings is 1. The number of hydrogen-bond donors (Lipinski definition) is 0. The number of para-hydroxylation sites is 1. The molecule has 7 heteroatoms. The molecular formula is C29H36N4O3. The van der Waals surface area contributed by atoms with Gasteiger partial charge in [0, 0.05) is 69.1 Å². The summed E-state index contributed by atoms with van der Waals surface area (Å²) in [7, 11) is 4.01. The van der Waals surface area contributed by atoms with Gasteiger partial charge in [0.1, 0.15) is 5.82 Å². The number of ether oxygens (including phenoxy) is 2. The number of aromatic nitrogens is 1. The summed E-state index contributed by atoms with van der Waals surface area (Å²) in [6, 6.07) is 16.4. The summed E-state index contributed by atoms with van der Waals surface area (Å²) in [4.78, 5) is 25.1. The second-order valence-corrected chi connectivity index (χ2v) is 9.98. The maximum Gasteiger partial charge on any atom is 0.254 e. The first-order valence-electron chi connectivity index (χ1n) is 12.9. The van der Waals surface area contributed by atoms with Gasteiger partial charge in [-0.2, -0.15) is 0 Å². The van der Waals surface area contributed by atoms with Crippen molar-refractivity contribution in [3.05, 3.63) is 65.2 Å². The van der Waals surface area contributed by atoms with Crippen molar-refractivity contribution in [1.29, 1.82) is 0 Å². The fourth-order valence-electron chi connectivity index (χ4n) is 5.16. The van der Waals surface area contributed by atoms with Crippen LogP contribution in [0.4, 0.5) is 11.5 Å². The number of rotatable bonds is 7. The first kappa shape index (κ1) is 24.5. The van der Waals surface area contributed by atoms with Crippen molar-refractivity contribution >= 4 is 28.3 Å². The molecule has 0 saturated carbocycles. The molecule has 2 aromatic carbocycles. The van der Waals surface area contributed by atoms with Crippen molar-refractivity contribution < 1.29 is 14.3 Å². The zero-order valence-electron chi connectivity index (χ0n) is 21.6. The van der Waals surface area contributed by atoms with Crippen molar-refractivity contribution in [1.82, 2.24) is 9.88 Å². The zero-order chi connectivity index (χ0) is 25.1. The van der Waals surface area contributed by atoms with E-state index >= 15 is 0 Å². The standard InChI is InChI=1S/C29H36N4O3/c1-21-6-4-7-23-18-24(28(31(2)3)30-27(21)23)19-33(20-26-8-5-15-36-26)29(34)22-9-11-25(12-10-22)32-13-16-35-17-14-32/h4,6-7,9-12,18,26H,5,8,13-17,19-20H2,1-3H3/t26-/m0/s1. The van der Waals surface area contributed by atoms with Gasteiger partial charge < -0.3 is 24.2 Å². The number of hydrogen-bond acceptors (Lipinski definition) is 6. The zero-order valence-corrected chi connectivity index (χ0v) is 21.6. The SMILES string of the molecule is Cc1cccc2cc(CN(C[C@@H]3CCCO3)C(=O)c3ccc(N4CCOCC4)cc3)c(N(C)C)nc12. The lowest BCUT2D eigenvalue weighted by Crippen LogP contribution is -2.37. The average molecular weight is 489 g/mol. The van der Waals surface area contributed by atoms with Crippen LogP contribution in [0.15, 0.2) is 48.5 Å². The third-order valence-electron chi connectivity index (χ3n) is 7.11. The van der Waals surface area contributed by atoms with Crippen LogP contribution in [0, 0.1) is 6.92 Å². The molecule has 190 valence electrons. The number of morpholine rings is 1. The van der Waals surface area contributed by atoms with Crippen LogP contribution >= 0.6 is 0 Å². The maximum atomic E-state index is 13.8. The summed E-state index contributed by atoms with van der Waals surface area (Å²) < 4.78 is 11.4. The van der Waals surface area contributed by atoms with E-state index in [0.29, 0.717) is 18.7 Å². The van der Waals surface area contributed by atoms with Gasteiger partial charge in [0.05, 0.1) is 24.8 Å². The number of amides is 1. The molecule has 7 nitrogen and oxygen atoms in total. The molecule has 3 heterocycles. The summed E-state index contributed by atoms with van der Waals surface area (Å²) in [6.45, 7) is 7.13. The molecule has 2 saturated heterocycles. The Hall–Kier alpha value is -3.16. The first-order valence-corrected chi connectivity index (χ1v) is 12.9. The van der Waals surface area contributed by atoms with Crippen LogP contribution in [-0.2, 0) is 16.0 Å². The third kappa shape index (κ3) is 5.32. The van der Waals surface area contributed by atoms with Gasteiger partial charge in [-0.15, -0.1) is 0 Å². The minimum atomic E-state index is 0.0214. The Morgan fingerprint density at radius 3 is 2.56 bits per heavy atom. The number of aryl methyl sites for hydroxylation is 1. The fraction of sp³-hybridized carbons (Fsp3) is 0.448. The van der Waals surface area contributed by atoms with E-state index in [1.54, 1.807) is 0 Å². The summed E-state index contributed by atoms with van der Waals surface area (Å²) in [6.07, 6.45) is 2.09. The molecule has 2 aliphatic heterocycles. The van der Waals surface area contributed by atoms with Gasteiger partial charge in [-0.3, -0.25) is 4.79 Å². The van der Waals surface area contributed by atoms with Crippen molar-refractivity contribution in [2.24, 2.45) is 0 Å². The second-order valence-electron chi connectivity index (χ2n) is 9.98. The molecule has 1 aromatic heterocycles. The van der Waals surface area contributed by atoms with Crippen LogP contribution in [0.5, 0.6) is 0 Å². The summed E-state index contributed by atoms with van der Waals surface area (Å²) in [5.74, 6) is 0.915. The van der Waals surface area contributed by atoms with Crippen LogP contribution in [-0.4, -0.2) is 75.4 Å². The van der Waals surface area contributed by atoms with E-state index in [9.17, 15) is 4.79 Å². The number of fused-ring (bicyclic) bond motifs is 1. The van der Waals surface area contributed by atoms with Gasteiger partial charge in [0.25, 0.3) is 5.91 Å². The van der Waals surface area contributed by atoms with Crippen molar-refractivity contribution in [3.63, 3.8) is 0 Å². The van der Waals surface area contributed by atoms with Gasteiger partial charge >= 0.3 is 0 Å². The molecule has 0 unspecified atom stereocenters. The highest BCUT2D eigenvalue weighted by molar-refractivity contribution is 5.95. The lowest BCUT2D eigenvalue weighted by Gasteiger charge is -2.29. The van der Waals surface area contributed by atoms with Gasteiger partial charge in [0.2, 0.25) is 0 Å². The Labute approximate surface area is 213 Å². The maximum absolute atomic E-state index is 13.8. The summed E-state index contributed by atoms with van der Waals surface area (Å²) >= 11 is 0. The molecule has 0 aliphatic carbocycles. The lowest BCUT2D eigenvalue weighted by molar-refractivity contribution is 0.0507. The minimum Gasteiger partial charge on any atom is -0.378 e. The Kier molecular flexibility index (Phi) is 7.39. The van der Waals surface area contributed by atoms with Crippen molar-refractivity contribution in [2.45, 2.75) is 32.4 Å². The highest BCUT2D eigenvalue weighted by Crippen LogP contribution is 2.27. The molecule has 36 heavy (non-hydrogen) atoms. The van der Waals surface area contributed by atoms with Crippen LogP contribution in [0.1, 0.15) is 34.3 Å².